The van der Waals surface area contributed by atoms with Crippen molar-refractivity contribution in [3.63, 3.8) is 0 Å². The van der Waals surface area contributed by atoms with Crippen molar-refractivity contribution in [1.29, 1.82) is 0 Å². The summed E-state index contributed by atoms with van der Waals surface area (Å²) in [5, 5.41) is 0. The summed E-state index contributed by atoms with van der Waals surface area (Å²) in [5.74, 6) is -0.251. The molecule has 0 unspecified atom stereocenters. The lowest BCUT2D eigenvalue weighted by Crippen LogP contribution is -2.13. The summed E-state index contributed by atoms with van der Waals surface area (Å²) in [6, 6.07) is 3.29. The third kappa shape index (κ3) is 2.04. The van der Waals surface area contributed by atoms with Crippen LogP contribution in [0.5, 0.6) is 0 Å². The SMILES string of the molecule is CSC1(Cn2c(=S)[nH]c3cc(Br)c(F)cc32)CC1. The van der Waals surface area contributed by atoms with Gasteiger partial charge in [-0.2, -0.15) is 11.8 Å². The summed E-state index contributed by atoms with van der Waals surface area (Å²) >= 11 is 10.4. The molecule has 0 aliphatic heterocycles. The summed E-state index contributed by atoms with van der Waals surface area (Å²) in [4.78, 5) is 3.14. The van der Waals surface area contributed by atoms with Gasteiger partial charge in [0.25, 0.3) is 0 Å². The molecule has 6 heteroatoms. The maximum absolute atomic E-state index is 13.7. The summed E-state index contributed by atoms with van der Waals surface area (Å²) in [7, 11) is 0. The van der Waals surface area contributed by atoms with Crippen molar-refractivity contribution in [3.05, 3.63) is 27.2 Å². The normalized spacial score (nSPS) is 17.3. The van der Waals surface area contributed by atoms with Gasteiger partial charge in [-0.25, -0.2) is 4.39 Å². The maximum atomic E-state index is 13.7. The van der Waals surface area contributed by atoms with E-state index < -0.39 is 0 Å². The molecule has 2 aromatic rings. The quantitative estimate of drug-likeness (QED) is 0.826. The number of H-pyrrole nitrogens is 1. The zero-order valence-corrected chi connectivity index (χ0v) is 13.0. The Kier molecular flexibility index (Phi) is 3.07. The standard InChI is InChI=1S/C12H12BrFN2S2/c1-18-12(2-3-12)6-16-10-5-8(14)7(13)4-9(10)15-11(16)17/h4-5H,2-3,6H2,1H3,(H,15,17). The number of fused-ring (bicyclic) bond motifs is 1. The van der Waals surface area contributed by atoms with Crippen LogP contribution in [0.3, 0.4) is 0 Å². The number of thioether (sulfide) groups is 1. The third-order valence-corrected chi connectivity index (χ3v) is 5.84. The highest BCUT2D eigenvalue weighted by molar-refractivity contribution is 9.10. The second kappa shape index (κ2) is 4.35. The van der Waals surface area contributed by atoms with E-state index in [1.165, 1.54) is 12.8 Å². The van der Waals surface area contributed by atoms with Crippen LogP contribution in [-0.4, -0.2) is 20.6 Å². The van der Waals surface area contributed by atoms with Gasteiger partial charge in [0.15, 0.2) is 4.77 Å². The lowest BCUT2D eigenvalue weighted by atomic mass is 10.3. The fraction of sp³-hybridized carbons (Fsp3) is 0.417. The Bertz CT molecular complexity index is 673. The van der Waals surface area contributed by atoms with Gasteiger partial charge in [0.1, 0.15) is 5.82 Å². The molecule has 1 N–H and O–H groups in total. The Balaban J connectivity index is 2.13. The first-order valence-electron chi connectivity index (χ1n) is 5.67. The molecule has 2 nitrogen and oxygen atoms in total. The van der Waals surface area contributed by atoms with E-state index in [0.717, 1.165) is 17.6 Å². The van der Waals surface area contributed by atoms with Crippen LogP contribution >= 0.6 is 39.9 Å². The molecule has 1 aromatic heterocycles. The summed E-state index contributed by atoms with van der Waals surface area (Å²) in [5.41, 5.74) is 1.73. The Morgan fingerprint density at radius 1 is 1.56 bits per heavy atom. The summed E-state index contributed by atoms with van der Waals surface area (Å²) < 4.78 is 17.1. The van der Waals surface area contributed by atoms with Gasteiger partial charge in [-0.1, -0.05) is 0 Å². The molecule has 0 spiro atoms. The Labute approximate surface area is 122 Å². The first-order valence-corrected chi connectivity index (χ1v) is 8.10. The number of aromatic nitrogens is 2. The highest BCUT2D eigenvalue weighted by atomic mass is 79.9. The highest BCUT2D eigenvalue weighted by Crippen LogP contribution is 2.48. The third-order valence-electron chi connectivity index (χ3n) is 3.50. The fourth-order valence-electron chi connectivity index (χ4n) is 2.16. The molecule has 3 rings (SSSR count). The lowest BCUT2D eigenvalue weighted by molar-refractivity contribution is 0.619. The molecule has 0 bridgehead atoms. The van der Waals surface area contributed by atoms with Crippen LogP contribution in [0.2, 0.25) is 0 Å². The first kappa shape index (κ1) is 12.7. The number of rotatable bonds is 3. The molecule has 1 aliphatic rings. The highest BCUT2D eigenvalue weighted by Gasteiger charge is 2.42. The van der Waals surface area contributed by atoms with Gasteiger partial charge in [0, 0.05) is 17.4 Å². The minimum absolute atomic E-state index is 0.251. The zero-order chi connectivity index (χ0) is 12.9. The van der Waals surface area contributed by atoms with Crippen molar-refractivity contribution in [3.8, 4) is 0 Å². The molecule has 1 aromatic carbocycles. The van der Waals surface area contributed by atoms with E-state index in [2.05, 4.69) is 27.2 Å². The van der Waals surface area contributed by atoms with E-state index in [-0.39, 0.29) is 5.82 Å². The van der Waals surface area contributed by atoms with E-state index in [1.54, 1.807) is 12.1 Å². The van der Waals surface area contributed by atoms with E-state index in [4.69, 9.17) is 12.2 Å². The predicted molar refractivity (Wildman–Crippen MR) is 80.3 cm³/mol. The molecule has 1 fully saturated rings. The smallest absolute Gasteiger partial charge is 0.178 e. The number of imidazole rings is 1. The van der Waals surface area contributed by atoms with Gasteiger partial charge in [-0.3, -0.25) is 0 Å². The topological polar surface area (TPSA) is 20.7 Å². The van der Waals surface area contributed by atoms with Crippen molar-refractivity contribution < 1.29 is 4.39 Å². The molecule has 1 aliphatic carbocycles. The molecular weight excluding hydrogens is 335 g/mol. The molecule has 1 heterocycles. The molecule has 0 saturated heterocycles. The Morgan fingerprint density at radius 2 is 2.28 bits per heavy atom. The predicted octanol–water partition coefficient (Wildman–Crippen LogP) is 4.50. The van der Waals surface area contributed by atoms with Gasteiger partial charge in [0.2, 0.25) is 0 Å². The largest absolute Gasteiger partial charge is 0.331 e. The Hall–Kier alpha value is -0.330. The van der Waals surface area contributed by atoms with E-state index in [0.29, 0.717) is 14.0 Å². The number of benzene rings is 1. The van der Waals surface area contributed by atoms with Crippen molar-refractivity contribution >= 4 is 50.9 Å². The number of nitrogens with one attached hydrogen (secondary N) is 1. The number of aromatic amines is 1. The van der Waals surface area contributed by atoms with Gasteiger partial charge < -0.3 is 9.55 Å². The van der Waals surface area contributed by atoms with Crippen LogP contribution in [0.4, 0.5) is 4.39 Å². The molecule has 0 amide bonds. The van der Waals surface area contributed by atoms with E-state index >= 15 is 0 Å². The van der Waals surface area contributed by atoms with Crippen LogP contribution in [0, 0.1) is 10.6 Å². The van der Waals surface area contributed by atoms with Gasteiger partial charge in [-0.05, 0) is 53.3 Å². The van der Waals surface area contributed by atoms with Crippen molar-refractivity contribution in [2.45, 2.75) is 24.1 Å². The van der Waals surface area contributed by atoms with Gasteiger partial charge in [-0.15, -0.1) is 0 Å². The minimum atomic E-state index is -0.251. The first-order chi connectivity index (χ1) is 8.54. The molecule has 0 radical (unpaired) electrons. The van der Waals surface area contributed by atoms with E-state index in [1.807, 2.05) is 16.3 Å². The number of hydrogen-bond acceptors (Lipinski definition) is 2. The van der Waals surface area contributed by atoms with Crippen molar-refractivity contribution in [2.24, 2.45) is 0 Å². The van der Waals surface area contributed by atoms with Crippen LogP contribution in [0.25, 0.3) is 11.0 Å². The van der Waals surface area contributed by atoms with Crippen LogP contribution in [0.1, 0.15) is 12.8 Å². The molecule has 0 atom stereocenters. The average molecular weight is 347 g/mol. The number of nitrogens with zero attached hydrogens (tertiary/aromatic N) is 1. The summed E-state index contributed by atoms with van der Waals surface area (Å²) in [6.07, 6.45) is 4.55. The number of halogens is 2. The van der Waals surface area contributed by atoms with Crippen LogP contribution in [-0.2, 0) is 6.54 Å². The summed E-state index contributed by atoms with van der Waals surface area (Å²) in [6.45, 7) is 0.855. The monoisotopic (exact) mass is 346 g/mol. The molecule has 1 saturated carbocycles. The van der Waals surface area contributed by atoms with Crippen molar-refractivity contribution in [2.75, 3.05) is 6.26 Å². The average Bonchev–Trinajstić information content (AvgIpc) is 3.05. The lowest BCUT2D eigenvalue weighted by Gasteiger charge is -2.13. The minimum Gasteiger partial charge on any atom is -0.331 e. The molecular formula is C12H12BrFN2S2. The van der Waals surface area contributed by atoms with Crippen LogP contribution < -0.4 is 0 Å². The second-order valence-corrected chi connectivity index (χ2v) is 7.20. The Morgan fingerprint density at radius 3 is 2.89 bits per heavy atom. The zero-order valence-electron chi connectivity index (χ0n) is 9.80. The second-order valence-electron chi connectivity index (χ2n) is 4.69. The van der Waals surface area contributed by atoms with Crippen molar-refractivity contribution in [1.82, 2.24) is 9.55 Å². The maximum Gasteiger partial charge on any atom is 0.178 e. The van der Waals surface area contributed by atoms with Crippen LogP contribution in [0.15, 0.2) is 16.6 Å². The molecule has 96 valence electrons. The van der Waals surface area contributed by atoms with Gasteiger partial charge in [0.05, 0.1) is 15.5 Å². The van der Waals surface area contributed by atoms with Gasteiger partial charge >= 0.3 is 0 Å². The molecule has 18 heavy (non-hydrogen) atoms. The van der Waals surface area contributed by atoms with E-state index in [9.17, 15) is 4.39 Å². The number of hydrogen-bond donors (Lipinski definition) is 1. The fourth-order valence-corrected chi connectivity index (χ4v) is 3.55.